The Morgan fingerprint density at radius 2 is 2.12 bits per heavy atom. The fraction of sp³-hybridized carbons (Fsp3) is 0.474. The van der Waals surface area contributed by atoms with Crippen LogP contribution in [-0.2, 0) is 17.8 Å². The van der Waals surface area contributed by atoms with Crippen LogP contribution < -0.4 is 10.1 Å². The molecule has 0 aliphatic carbocycles. The van der Waals surface area contributed by atoms with Gasteiger partial charge in [0.25, 0.3) is 0 Å². The van der Waals surface area contributed by atoms with Gasteiger partial charge in [-0.2, -0.15) is 0 Å². The van der Waals surface area contributed by atoms with Crippen molar-refractivity contribution in [2.24, 2.45) is 0 Å². The molecule has 1 aromatic carbocycles. The van der Waals surface area contributed by atoms with Gasteiger partial charge in [-0.25, -0.2) is 0 Å². The smallest absolute Gasteiger partial charge is 0.227 e. The van der Waals surface area contributed by atoms with E-state index < -0.39 is 0 Å². The molecule has 0 bridgehead atoms. The number of hydrogen-bond acceptors (Lipinski definition) is 5. The van der Waals surface area contributed by atoms with Crippen molar-refractivity contribution in [3.05, 3.63) is 46.8 Å². The van der Waals surface area contributed by atoms with Gasteiger partial charge in [0.15, 0.2) is 0 Å². The summed E-state index contributed by atoms with van der Waals surface area (Å²) in [5.41, 5.74) is 2.82. The molecule has 1 atom stereocenters. The third-order valence-electron chi connectivity index (χ3n) is 4.82. The normalized spacial score (nSPS) is 16.8. The number of carbonyl (C=O) groups is 1. The van der Waals surface area contributed by atoms with Gasteiger partial charge in [0.05, 0.1) is 17.7 Å². The maximum absolute atomic E-state index is 12.4. The van der Waals surface area contributed by atoms with Crippen molar-refractivity contribution < 1.29 is 14.1 Å². The third-order valence-corrected chi connectivity index (χ3v) is 4.82. The zero-order valence-corrected chi connectivity index (χ0v) is 15.0. The highest BCUT2D eigenvalue weighted by atomic mass is 16.5. The van der Waals surface area contributed by atoms with Gasteiger partial charge < -0.3 is 19.5 Å². The van der Waals surface area contributed by atoms with E-state index in [0.717, 1.165) is 47.8 Å². The van der Waals surface area contributed by atoms with Crippen molar-refractivity contribution in [2.45, 2.75) is 39.3 Å². The summed E-state index contributed by atoms with van der Waals surface area (Å²) in [6.45, 7) is 6.08. The minimum absolute atomic E-state index is 0.151. The minimum atomic E-state index is 0.151. The molecule has 1 saturated heterocycles. The number of amides is 1. The molecule has 6 nitrogen and oxygen atoms in total. The largest absolute Gasteiger partial charge is 0.489 e. The maximum Gasteiger partial charge on any atom is 0.227 e. The van der Waals surface area contributed by atoms with Gasteiger partial charge in [-0.1, -0.05) is 17.3 Å². The van der Waals surface area contributed by atoms with E-state index in [2.05, 4.69) is 10.5 Å². The Balaban J connectivity index is 1.54. The second kappa shape index (κ2) is 7.70. The molecule has 0 spiro atoms. The molecule has 3 rings (SSSR count). The Morgan fingerprint density at radius 3 is 2.72 bits per heavy atom. The molecule has 1 aliphatic heterocycles. The van der Waals surface area contributed by atoms with Crippen LogP contribution in [0.5, 0.6) is 5.75 Å². The lowest BCUT2D eigenvalue weighted by atomic mass is 10.1. The summed E-state index contributed by atoms with van der Waals surface area (Å²) >= 11 is 0. The molecule has 1 fully saturated rings. The first-order valence-corrected chi connectivity index (χ1v) is 8.64. The van der Waals surface area contributed by atoms with Crippen LogP contribution in [0.3, 0.4) is 0 Å². The summed E-state index contributed by atoms with van der Waals surface area (Å²) in [7, 11) is 1.89. The van der Waals surface area contributed by atoms with Crippen molar-refractivity contribution in [2.75, 3.05) is 20.1 Å². The van der Waals surface area contributed by atoms with Crippen LogP contribution >= 0.6 is 0 Å². The molecule has 25 heavy (non-hydrogen) atoms. The predicted octanol–water partition coefficient (Wildman–Crippen LogP) is 2.23. The highest BCUT2D eigenvalue weighted by molar-refractivity contribution is 5.79. The first-order valence-electron chi connectivity index (χ1n) is 8.64. The highest BCUT2D eigenvalue weighted by Crippen LogP contribution is 2.18. The number of benzene rings is 1. The minimum Gasteiger partial charge on any atom is -0.489 e. The van der Waals surface area contributed by atoms with Crippen LogP contribution in [0.4, 0.5) is 0 Å². The third kappa shape index (κ3) is 4.20. The van der Waals surface area contributed by atoms with Crippen molar-refractivity contribution >= 4 is 5.91 Å². The predicted molar refractivity (Wildman–Crippen MR) is 94.5 cm³/mol. The lowest BCUT2D eigenvalue weighted by Crippen LogP contribution is -2.39. The Kier molecular flexibility index (Phi) is 5.38. The van der Waals surface area contributed by atoms with Crippen LogP contribution in [0.15, 0.2) is 28.8 Å². The number of rotatable bonds is 6. The lowest BCUT2D eigenvalue weighted by Gasteiger charge is -2.23. The van der Waals surface area contributed by atoms with Gasteiger partial charge >= 0.3 is 0 Å². The molecular formula is C19H25N3O3. The quantitative estimate of drug-likeness (QED) is 0.871. The molecule has 6 heteroatoms. The summed E-state index contributed by atoms with van der Waals surface area (Å²) < 4.78 is 10.9. The summed E-state index contributed by atoms with van der Waals surface area (Å²) in [5, 5.41) is 7.21. The summed E-state index contributed by atoms with van der Waals surface area (Å²) in [6, 6.07) is 8.00. The van der Waals surface area contributed by atoms with Crippen LogP contribution in [-0.4, -0.2) is 42.1 Å². The first-order chi connectivity index (χ1) is 12.0. The zero-order valence-electron chi connectivity index (χ0n) is 15.0. The molecule has 1 N–H and O–H groups in total. The van der Waals surface area contributed by atoms with E-state index in [1.165, 1.54) is 0 Å². The lowest BCUT2D eigenvalue weighted by molar-refractivity contribution is -0.130. The van der Waals surface area contributed by atoms with Crippen molar-refractivity contribution in [1.29, 1.82) is 0 Å². The van der Waals surface area contributed by atoms with E-state index in [9.17, 15) is 4.79 Å². The van der Waals surface area contributed by atoms with E-state index >= 15 is 0 Å². The second-order valence-corrected chi connectivity index (χ2v) is 6.56. The van der Waals surface area contributed by atoms with Gasteiger partial charge in [0.2, 0.25) is 5.91 Å². The Hall–Kier alpha value is -2.34. The van der Waals surface area contributed by atoms with Gasteiger partial charge in [-0.3, -0.25) is 4.79 Å². The summed E-state index contributed by atoms with van der Waals surface area (Å²) in [4.78, 5) is 14.3. The molecular weight excluding hydrogens is 318 g/mol. The Bertz CT molecular complexity index is 699. The van der Waals surface area contributed by atoms with E-state index in [-0.39, 0.29) is 5.91 Å². The summed E-state index contributed by atoms with van der Waals surface area (Å²) in [5.74, 6) is 1.70. The molecule has 0 saturated carbocycles. The van der Waals surface area contributed by atoms with E-state index in [0.29, 0.717) is 19.1 Å². The van der Waals surface area contributed by atoms with E-state index in [1.54, 1.807) is 0 Å². The average Bonchev–Trinajstić information content (AvgIpc) is 3.25. The van der Waals surface area contributed by atoms with Gasteiger partial charge in [0.1, 0.15) is 18.1 Å². The number of nitrogens with zero attached hydrogens (tertiary/aromatic N) is 2. The van der Waals surface area contributed by atoms with Gasteiger partial charge in [-0.15, -0.1) is 0 Å². The average molecular weight is 343 g/mol. The van der Waals surface area contributed by atoms with Crippen LogP contribution in [0.25, 0.3) is 0 Å². The Labute approximate surface area is 148 Å². The molecule has 1 amide bonds. The van der Waals surface area contributed by atoms with E-state index in [4.69, 9.17) is 9.26 Å². The number of aromatic nitrogens is 1. The topological polar surface area (TPSA) is 67.6 Å². The number of ether oxygens (including phenoxy) is 1. The van der Waals surface area contributed by atoms with Crippen LogP contribution in [0.1, 0.15) is 29.0 Å². The fourth-order valence-electron chi connectivity index (χ4n) is 3.04. The number of nitrogens with one attached hydrogen (secondary N) is 1. The maximum atomic E-state index is 12.4. The van der Waals surface area contributed by atoms with Gasteiger partial charge in [0, 0.05) is 19.6 Å². The zero-order chi connectivity index (χ0) is 17.8. The highest BCUT2D eigenvalue weighted by Gasteiger charge is 2.23. The van der Waals surface area contributed by atoms with Crippen molar-refractivity contribution in [1.82, 2.24) is 15.4 Å². The van der Waals surface area contributed by atoms with E-state index in [1.807, 2.05) is 50.1 Å². The number of hydrogen-bond donors (Lipinski definition) is 1. The molecule has 1 aliphatic rings. The molecule has 1 aromatic heterocycles. The fourth-order valence-corrected chi connectivity index (χ4v) is 3.04. The van der Waals surface area contributed by atoms with Crippen LogP contribution in [0, 0.1) is 13.8 Å². The van der Waals surface area contributed by atoms with Crippen LogP contribution in [0.2, 0.25) is 0 Å². The number of carbonyl (C=O) groups excluding carboxylic acids is 1. The first kappa shape index (κ1) is 17.5. The standard InChI is InChI=1S/C19H25N3O3/c1-13-18(14(2)25-21-13)12-24-17-6-4-15(5-7-17)10-19(23)22(3)16-8-9-20-11-16/h4-7,16,20H,8-12H2,1-3H3/t16-/m1/s1. The van der Waals surface area contributed by atoms with Gasteiger partial charge in [-0.05, 0) is 44.5 Å². The number of likely N-dealkylation sites (N-methyl/N-ethyl adjacent to an activating group) is 1. The molecule has 134 valence electrons. The molecule has 0 unspecified atom stereocenters. The monoisotopic (exact) mass is 343 g/mol. The molecule has 2 heterocycles. The Morgan fingerprint density at radius 1 is 1.36 bits per heavy atom. The second-order valence-electron chi connectivity index (χ2n) is 6.56. The molecule has 0 radical (unpaired) electrons. The summed E-state index contributed by atoms with van der Waals surface area (Å²) in [6.07, 6.45) is 1.44. The number of aryl methyl sites for hydroxylation is 2. The van der Waals surface area contributed by atoms with Crippen molar-refractivity contribution in [3.8, 4) is 5.75 Å². The molecule has 2 aromatic rings. The van der Waals surface area contributed by atoms with Crippen molar-refractivity contribution in [3.63, 3.8) is 0 Å². The SMILES string of the molecule is Cc1noc(C)c1COc1ccc(CC(=O)N(C)[C@@H]2CCNC2)cc1.